The molecule has 0 spiro atoms. The molecule has 3 heterocycles. The van der Waals surface area contributed by atoms with E-state index in [1.54, 1.807) is 31.5 Å². The summed E-state index contributed by atoms with van der Waals surface area (Å²) in [5.41, 5.74) is 2.47. The molecule has 3 aromatic rings. The number of hydrogen-bond acceptors (Lipinski definition) is 9. The second-order valence-electron chi connectivity index (χ2n) is 8.14. The van der Waals surface area contributed by atoms with Gasteiger partial charge < -0.3 is 20.1 Å². The lowest BCUT2D eigenvalue weighted by Gasteiger charge is -2.39. The molecule has 31 heavy (non-hydrogen) atoms. The Morgan fingerprint density at radius 3 is 2.61 bits per heavy atom. The third-order valence-corrected chi connectivity index (χ3v) is 5.47. The first kappa shape index (κ1) is 20.9. The van der Waals surface area contributed by atoms with Crippen molar-refractivity contribution in [2.75, 3.05) is 25.1 Å². The Morgan fingerprint density at radius 1 is 1.10 bits per heavy atom. The molecule has 0 radical (unpaired) electrons. The zero-order chi connectivity index (χ0) is 22.0. The first-order valence-corrected chi connectivity index (χ1v) is 10.3. The number of phenolic OH excluding ortho intramolecular Hbond substituents is 1. The van der Waals surface area contributed by atoms with Crippen LogP contribution in [0.5, 0.6) is 11.6 Å². The number of piperazine rings is 1. The number of hydrogen-bond donors (Lipinski definition) is 2. The molecule has 1 aromatic carbocycles. The van der Waals surface area contributed by atoms with E-state index in [9.17, 15) is 5.11 Å². The molecule has 4 rings (SSSR count). The van der Waals surface area contributed by atoms with Crippen LogP contribution in [0.25, 0.3) is 22.5 Å². The van der Waals surface area contributed by atoms with Crippen molar-refractivity contribution in [3.05, 3.63) is 36.8 Å². The highest BCUT2D eigenvalue weighted by molar-refractivity contribution is 5.72. The molecule has 0 saturated carbocycles. The number of nitrogens with one attached hydrogen (secondary N) is 1. The molecule has 0 amide bonds. The van der Waals surface area contributed by atoms with E-state index in [0.29, 0.717) is 46.8 Å². The van der Waals surface area contributed by atoms with Gasteiger partial charge in [-0.1, -0.05) is 19.9 Å². The molecule has 1 saturated heterocycles. The largest absolute Gasteiger partial charge is 0.507 e. The maximum absolute atomic E-state index is 10.6. The molecule has 9 heteroatoms. The number of ether oxygens (including phenoxy) is 1. The molecule has 9 nitrogen and oxygen atoms in total. The van der Waals surface area contributed by atoms with Crippen molar-refractivity contribution in [2.45, 2.75) is 32.9 Å². The van der Waals surface area contributed by atoms with Gasteiger partial charge in [0.15, 0.2) is 0 Å². The summed E-state index contributed by atoms with van der Waals surface area (Å²) in [7, 11) is 1.55. The number of methoxy groups -OCH3 is 1. The number of benzene rings is 1. The summed E-state index contributed by atoms with van der Waals surface area (Å²) in [4.78, 5) is 14.9. The summed E-state index contributed by atoms with van der Waals surface area (Å²) < 4.78 is 5.14. The number of aromatic hydroxyl groups is 1. The van der Waals surface area contributed by atoms with Crippen LogP contribution in [-0.4, -0.2) is 62.5 Å². The molecular weight excluding hydrogens is 394 g/mol. The molecule has 1 aliphatic heterocycles. The van der Waals surface area contributed by atoms with E-state index in [-0.39, 0.29) is 5.75 Å². The Hall–Kier alpha value is -3.33. The standard InChI is InChI=1S/C22H27N7O2/c1-13(2)19-11-29(10-14(3)26-19)22-23-9-18(27-28-22)16-6-5-15(7-20(16)30)17-8-21(31-4)25-12-24-17/h5-9,12-14,19,26,30H,10-11H2,1-4H3/t14-,19?/m1/s1. The third-order valence-electron chi connectivity index (χ3n) is 5.47. The monoisotopic (exact) mass is 421 g/mol. The average molecular weight is 422 g/mol. The summed E-state index contributed by atoms with van der Waals surface area (Å²) >= 11 is 0. The number of anilines is 1. The van der Waals surface area contributed by atoms with Gasteiger partial charge in [0.1, 0.15) is 17.8 Å². The van der Waals surface area contributed by atoms with Gasteiger partial charge in [-0.25, -0.2) is 15.0 Å². The lowest BCUT2D eigenvalue weighted by molar-refractivity contribution is 0.319. The SMILES string of the molecule is COc1cc(-c2ccc(-c3cnc(N4CC(C(C)C)N[C@H](C)C4)nn3)c(O)c2)ncn1. The van der Waals surface area contributed by atoms with Gasteiger partial charge in [-0.05, 0) is 25.0 Å². The van der Waals surface area contributed by atoms with Crippen LogP contribution >= 0.6 is 0 Å². The number of rotatable bonds is 5. The summed E-state index contributed by atoms with van der Waals surface area (Å²) in [6.45, 7) is 8.24. The minimum atomic E-state index is 0.0783. The van der Waals surface area contributed by atoms with Crippen LogP contribution in [-0.2, 0) is 0 Å². The van der Waals surface area contributed by atoms with Gasteiger partial charge in [0.05, 0.1) is 19.0 Å². The quantitative estimate of drug-likeness (QED) is 0.642. The lowest BCUT2D eigenvalue weighted by atomic mass is 10.00. The van der Waals surface area contributed by atoms with Crippen molar-refractivity contribution in [1.29, 1.82) is 0 Å². The van der Waals surface area contributed by atoms with Gasteiger partial charge >= 0.3 is 0 Å². The average Bonchev–Trinajstić information content (AvgIpc) is 2.78. The van der Waals surface area contributed by atoms with Gasteiger partial charge in [0.25, 0.3) is 0 Å². The smallest absolute Gasteiger partial charge is 0.245 e. The van der Waals surface area contributed by atoms with Crippen molar-refractivity contribution in [1.82, 2.24) is 30.5 Å². The highest BCUT2D eigenvalue weighted by atomic mass is 16.5. The zero-order valence-electron chi connectivity index (χ0n) is 18.1. The third kappa shape index (κ3) is 4.56. The molecule has 2 atom stereocenters. The van der Waals surface area contributed by atoms with Crippen LogP contribution in [0.4, 0.5) is 5.95 Å². The maximum Gasteiger partial charge on any atom is 0.245 e. The second-order valence-corrected chi connectivity index (χ2v) is 8.14. The topological polar surface area (TPSA) is 109 Å². The van der Waals surface area contributed by atoms with Crippen LogP contribution in [0.3, 0.4) is 0 Å². The van der Waals surface area contributed by atoms with Gasteiger partial charge in [-0.2, -0.15) is 0 Å². The number of nitrogens with zero attached hydrogens (tertiary/aromatic N) is 6. The molecule has 1 unspecified atom stereocenters. The Kier molecular flexibility index (Phi) is 5.94. The van der Waals surface area contributed by atoms with Gasteiger partial charge in [-0.15, -0.1) is 10.2 Å². The minimum absolute atomic E-state index is 0.0783. The van der Waals surface area contributed by atoms with E-state index in [2.05, 4.69) is 56.1 Å². The van der Waals surface area contributed by atoms with E-state index in [4.69, 9.17) is 4.74 Å². The van der Waals surface area contributed by atoms with E-state index in [1.807, 2.05) is 6.07 Å². The highest BCUT2D eigenvalue weighted by Gasteiger charge is 2.27. The van der Waals surface area contributed by atoms with Crippen molar-refractivity contribution >= 4 is 5.95 Å². The lowest BCUT2D eigenvalue weighted by Crippen LogP contribution is -2.57. The fraction of sp³-hybridized carbons (Fsp3) is 0.409. The van der Waals surface area contributed by atoms with Crippen molar-refractivity contribution in [2.24, 2.45) is 5.92 Å². The Morgan fingerprint density at radius 2 is 1.94 bits per heavy atom. The predicted octanol–water partition coefficient (Wildman–Crippen LogP) is 2.53. The Bertz CT molecular complexity index is 1040. The molecule has 0 bridgehead atoms. The first-order valence-electron chi connectivity index (χ1n) is 10.3. The van der Waals surface area contributed by atoms with Crippen molar-refractivity contribution in [3.63, 3.8) is 0 Å². The number of phenols is 1. The van der Waals surface area contributed by atoms with E-state index < -0.39 is 0 Å². The summed E-state index contributed by atoms with van der Waals surface area (Å²) in [6, 6.07) is 7.72. The molecule has 2 N–H and O–H groups in total. The first-order chi connectivity index (χ1) is 14.9. The van der Waals surface area contributed by atoms with E-state index >= 15 is 0 Å². The normalized spacial score (nSPS) is 18.9. The van der Waals surface area contributed by atoms with Gasteiger partial charge in [-0.3, -0.25) is 0 Å². The minimum Gasteiger partial charge on any atom is -0.507 e. The predicted molar refractivity (Wildman–Crippen MR) is 118 cm³/mol. The van der Waals surface area contributed by atoms with Crippen LogP contribution < -0.4 is 15.0 Å². The highest BCUT2D eigenvalue weighted by Crippen LogP contribution is 2.32. The molecular formula is C22H27N7O2. The Labute approximate surface area is 181 Å². The summed E-state index contributed by atoms with van der Waals surface area (Å²) in [5, 5.41) is 22.9. The molecule has 0 aliphatic carbocycles. The summed E-state index contributed by atoms with van der Waals surface area (Å²) in [6.07, 6.45) is 3.08. The fourth-order valence-electron chi connectivity index (χ4n) is 3.73. The van der Waals surface area contributed by atoms with Gasteiger partial charge in [0.2, 0.25) is 11.8 Å². The summed E-state index contributed by atoms with van der Waals surface area (Å²) in [5.74, 6) is 1.66. The van der Waals surface area contributed by atoms with Crippen molar-refractivity contribution in [3.8, 4) is 34.1 Å². The van der Waals surface area contributed by atoms with Crippen LogP contribution in [0.1, 0.15) is 20.8 Å². The van der Waals surface area contributed by atoms with E-state index in [1.165, 1.54) is 6.33 Å². The van der Waals surface area contributed by atoms with E-state index in [0.717, 1.165) is 18.7 Å². The van der Waals surface area contributed by atoms with Crippen LogP contribution in [0.2, 0.25) is 0 Å². The molecule has 1 fully saturated rings. The maximum atomic E-state index is 10.6. The molecule has 1 aliphatic rings. The van der Waals surface area contributed by atoms with Crippen LogP contribution in [0, 0.1) is 5.92 Å². The number of aromatic nitrogens is 5. The zero-order valence-corrected chi connectivity index (χ0v) is 18.1. The van der Waals surface area contributed by atoms with Crippen molar-refractivity contribution < 1.29 is 9.84 Å². The Balaban J connectivity index is 1.55. The second kappa shape index (κ2) is 8.81. The van der Waals surface area contributed by atoms with Crippen LogP contribution in [0.15, 0.2) is 36.8 Å². The fourth-order valence-corrected chi connectivity index (χ4v) is 3.73. The molecule has 162 valence electrons. The van der Waals surface area contributed by atoms with Gasteiger partial charge in [0, 0.05) is 42.4 Å². The molecule has 2 aromatic heterocycles.